The van der Waals surface area contributed by atoms with E-state index in [9.17, 15) is 14.7 Å². The molecule has 0 aliphatic rings. The molecule has 4 nitrogen and oxygen atoms in total. The molecule has 0 rings (SSSR count). The Bertz CT molecular complexity index is 164. The summed E-state index contributed by atoms with van der Waals surface area (Å²) in [6, 6.07) is 0. The van der Waals surface area contributed by atoms with Crippen molar-refractivity contribution in [2.24, 2.45) is 0 Å². The van der Waals surface area contributed by atoms with Gasteiger partial charge in [-0.1, -0.05) is 0 Å². The Kier molecular flexibility index (Phi) is 9.25. The van der Waals surface area contributed by atoms with Gasteiger partial charge in [-0.25, -0.2) is 4.79 Å². The van der Waals surface area contributed by atoms with Gasteiger partial charge in [-0.05, 0) is 13.0 Å². The third kappa shape index (κ3) is 9.60. The van der Waals surface area contributed by atoms with Gasteiger partial charge in [0.05, 0.1) is 12.6 Å². The first-order valence-electron chi connectivity index (χ1n) is 2.72. The summed E-state index contributed by atoms with van der Waals surface area (Å²) in [5.74, 6) is -2.08. The van der Waals surface area contributed by atoms with Crippen LogP contribution < -0.4 is 5.11 Å². The van der Waals surface area contributed by atoms with Crippen molar-refractivity contribution in [2.45, 2.75) is 6.92 Å². The smallest absolute Gasteiger partial charge is 0.330 e. The minimum Gasteiger partial charge on any atom is -0.545 e. The summed E-state index contributed by atoms with van der Waals surface area (Å²) >= 11 is 0. The molecule has 0 unspecified atom stereocenters. The van der Waals surface area contributed by atoms with Crippen LogP contribution in [0.15, 0.2) is 12.2 Å². The van der Waals surface area contributed by atoms with Crippen molar-refractivity contribution in [1.82, 2.24) is 0 Å². The Hall–Kier alpha value is -0.398. The first-order valence-corrected chi connectivity index (χ1v) is 2.72. The van der Waals surface area contributed by atoms with E-state index in [4.69, 9.17) is 0 Å². The number of carboxylic acid groups (broad SMARTS) is 1. The molecular weight excluding hydrogens is 248 g/mol. The van der Waals surface area contributed by atoms with Crippen molar-refractivity contribution in [3.05, 3.63) is 12.2 Å². The molecule has 0 amide bonds. The van der Waals surface area contributed by atoms with Crippen LogP contribution in [0, 0.1) is 0 Å². The van der Waals surface area contributed by atoms with Crippen LogP contribution in [0.5, 0.6) is 0 Å². The molecule has 0 aromatic heterocycles. The predicted molar refractivity (Wildman–Crippen MR) is 30.8 cm³/mol. The van der Waals surface area contributed by atoms with E-state index >= 15 is 0 Å². The normalized spacial score (nSPS) is 8.82. The molecule has 0 aliphatic heterocycles. The van der Waals surface area contributed by atoms with Crippen molar-refractivity contribution in [2.75, 3.05) is 6.61 Å². The quantitative estimate of drug-likeness (QED) is 0.363. The van der Waals surface area contributed by atoms with Crippen molar-refractivity contribution in [3.8, 4) is 0 Å². The first-order chi connectivity index (χ1) is 4.66. The van der Waals surface area contributed by atoms with Gasteiger partial charge >= 0.3 is 5.97 Å². The van der Waals surface area contributed by atoms with E-state index in [1.165, 1.54) is 0 Å². The number of aliphatic carboxylic acids is 1. The standard InChI is InChI=1S/C6H8O4.Cd/c1-2-10-6(9)4-3-5(7)8;/h3-4H,2H2,1H3,(H,7,8);/p-1/b4-3-;. The fraction of sp³-hybridized carbons (Fsp3) is 0.333. The molecule has 11 heavy (non-hydrogen) atoms. The predicted octanol–water partition coefficient (Wildman–Crippen LogP) is -1.15. The molecule has 0 N–H and O–H groups in total. The van der Waals surface area contributed by atoms with E-state index in [1.807, 2.05) is 0 Å². The summed E-state index contributed by atoms with van der Waals surface area (Å²) < 4.78 is 4.38. The van der Waals surface area contributed by atoms with Gasteiger partial charge in [-0.15, -0.1) is 0 Å². The molecular formula is C6H7CdO4-. The molecule has 0 radical (unpaired) electrons. The van der Waals surface area contributed by atoms with Crippen LogP contribution in [0.1, 0.15) is 6.92 Å². The summed E-state index contributed by atoms with van der Waals surface area (Å²) in [5.41, 5.74) is 0. The summed E-state index contributed by atoms with van der Waals surface area (Å²) in [5, 5.41) is 9.70. The average molecular weight is 256 g/mol. The SMILES string of the molecule is CCOC(=O)/C=C\C(=O)[O-].[Cd]. The largest absolute Gasteiger partial charge is 0.545 e. The van der Waals surface area contributed by atoms with Crippen molar-refractivity contribution in [1.29, 1.82) is 0 Å². The second-order valence-electron chi connectivity index (χ2n) is 1.40. The number of carboxylic acids is 1. The van der Waals surface area contributed by atoms with Gasteiger partial charge in [-0.2, -0.15) is 0 Å². The van der Waals surface area contributed by atoms with Crippen LogP contribution in [0.25, 0.3) is 0 Å². The van der Waals surface area contributed by atoms with Crippen LogP contribution in [-0.4, -0.2) is 18.5 Å². The van der Waals surface area contributed by atoms with Crippen molar-refractivity contribution < 1.29 is 46.7 Å². The van der Waals surface area contributed by atoms with Crippen LogP contribution >= 0.6 is 0 Å². The molecule has 0 saturated heterocycles. The molecule has 0 spiro atoms. The minimum absolute atomic E-state index is 0. The number of rotatable bonds is 3. The van der Waals surface area contributed by atoms with Gasteiger partial charge in [0, 0.05) is 33.4 Å². The maximum atomic E-state index is 10.3. The molecule has 0 atom stereocenters. The summed E-state index contributed by atoms with van der Waals surface area (Å²) in [4.78, 5) is 20.0. The Morgan fingerprint density at radius 1 is 1.45 bits per heavy atom. The summed E-state index contributed by atoms with van der Waals surface area (Å²) in [6.07, 6.45) is 1.43. The van der Waals surface area contributed by atoms with Crippen LogP contribution in [0.4, 0.5) is 0 Å². The number of carbonyl (C=O) groups is 2. The van der Waals surface area contributed by atoms with E-state index in [0.29, 0.717) is 6.08 Å². The van der Waals surface area contributed by atoms with Crippen LogP contribution in [-0.2, 0) is 41.6 Å². The zero-order chi connectivity index (χ0) is 7.98. The zero-order valence-electron chi connectivity index (χ0n) is 6.20. The summed E-state index contributed by atoms with van der Waals surface area (Å²) in [6.45, 7) is 1.86. The van der Waals surface area contributed by atoms with E-state index in [1.54, 1.807) is 6.92 Å². The van der Waals surface area contributed by atoms with E-state index < -0.39 is 11.9 Å². The van der Waals surface area contributed by atoms with Gasteiger partial charge in [0.1, 0.15) is 0 Å². The molecule has 0 heterocycles. The Labute approximate surface area is 84.4 Å². The Morgan fingerprint density at radius 2 is 2.00 bits per heavy atom. The zero-order valence-corrected chi connectivity index (χ0v) is 10.2. The molecule has 0 saturated carbocycles. The number of hydrogen-bond donors (Lipinski definition) is 0. The van der Waals surface area contributed by atoms with Crippen molar-refractivity contribution in [3.63, 3.8) is 0 Å². The number of carbonyl (C=O) groups excluding carboxylic acids is 2. The third-order valence-corrected chi connectivity index (χ3v) is 0.642. The van der Waals surface area contributed by atoms with Gasteiger partial charge in [0.15, 0.2) is 0 Å². The third-order valence-electron chi connectivity index (χ3n) is 0.642. The Balaban J connectivity index is 0. The molecule has 0 aliphatic carbocycles. The minimum atomic E-state index is -1.41. The van der Waals surface area contributed by atoms with Crippen molar-refractivity contribution >= 4 is 11.9 Å². The fourth-order valence-electron chi connectivity index (χ4n) is 0.326. The van der Waals surface area contributed by atoms with E-state index in [0.717, 1.165) is 6.08 Å². The monoisotopic (exact) mass is 257 g/mol. The number of esters is 1. The van der Waals surface area contributed by atoms with E-state index in [-0.39, 0.29) is 33.9 Å². The second-order valence-corrected chi connectivity index (χ2v) is 1.40. The number of ether oxygens (including phenoxy) is 1. The Morgan fingerprint density at radius 3 is 2.36 bits per heavy atom. The number of hydrogen-bond acceptors (Lipinski definition) is 4. The molecule has 0 bridgehead atoms. The van der Waals surface area contributed by atoms with Gasteiger partial charge < -0.3 is 14.6 Å². The van der Waals surface area contributed by atoms with Crippen LogP contribution in [0.3, 0.4) is 0 Å². The molecule has 58 valence electrons. The van der Waals surface area contributed by atoms with Gasteiger partial charge in [0.25, 0.3) is 0 Å². The molecule has 0 aromatic rings. The topological polar surface area (TPSA) is 66.4 Å². The maximum absolute atomic E-state index is 10.3. The van der Waals surface area contributed by atoms with Gasteiger partial charge in [0.2, 0.25) is 0 Å². The summed E-state index contributed by atoms with van der Waals surface area (Å²) in [7, 11) is 0. The second kappa shape index (κ2) is 7.71. The first kappa shape index (κ1) is 13.2. The molecule has 5 heteroatoms. The van der Waals surface area contributed by atoms with Crippen LogP contribution in [0.2, 0.25) is 0 Å². The average Bonchev–Trinajstić information content (AvgIpc) is 1.85. The maximum Gasteiger partial charge on any atom is 0.330 e. The fourth-order valence-corrected chi connectivity index (χ4v) is 0.326. The van der Waals surface area contributed by atoms with Gasteiger partial charge in [-0.3, -0.25) is 0 Å². The molecule has 0 fully saturated rings. The van der Waals surface area contributed by atoms with E-state index in [2.05, 4.69) is 4.74 Å². The molecule has 0 aromatic carbocycles.